The van der Waals surface area contributed by atoms with Crippen molar-refractivity contribution in [2.75, 3.05) is 0 Å². The molecule has 13 heteroatoms. The summed E-state index contributed by atoms with van der Waals surface area (Å²) in [7, 11) is 0. The first-order valence-corrected chi connectivity index (χ1v) is 9.35. The molecule has 13 nitrogen and oxygen atoms in total. The van der Waals surface area contributed by atoms with Crippen molar-refractivity contribution in [1.29, 1.82) is 0 Å². The topological polar surface area (TPSA) is 189 Å². The van der Waals surface area contributed by atoms with Gasteiger partial charge in [-0.25, -0.2) is 0 Å². The van der Waals surface area contributed by atoms with Gasteiger partial charge in [-0.05, 0) is 24.3 Å². The maximum Gasteiger partial charge on any atom is 0.248 e. The van der Waals surface area contributed by atoms with Crippen molar-refractivity contribution >= 4 is 0 Å². The normalized spacial score (nSPS) is 10.2. The molecule has 162 valence electrons. The van der Waals surface area contributed by atoms with E-state index in [1.165, 1.54) is 18.5 Å². The quantitative estimate of drug-likeness (QED) is 0.355. The van der Waals surface area contributed by atoms with Gasteiger partial charge in [0.2, 0.25) is 28.6 Å². The number of benzene rings is 1. The molecular formula is C20H14N10O3. The maximum absolute atomic E-state index is 11.2. The van der Waals surface area contributed by atoms with Crippen LogP contribution < -0.4 is 11.1 Å². The third-order valence-electron chi connectivity index (χ3n) is 4.01. The van der Waals surface area contributed by atoms with E-state index < -0.39 is 0 Å². The molecular weight excluding hydrogens is 428 g/mol. The Morgan fingerprint density at radius 2 is 1.12 bits per heavy atom. The molecule has 0 unspecified atom stereocenters. The average molecular weight is 442 g/mol. The molecule has 0 spiro atoms. The Morgan fingerprint density at radius 3 is 1.61 bits per heavy atom. The molecule has 0 amide bonds. The van der Waals surface area contributed by atoms with E-state index in [9.17, 15) is 14.7 Å². The number of aromatic hydroxyl groups is 1. The number of nitrogens with one attached hydrogen (secondary N) is 2. The Balaban J connectivity index is 0.000000172. The minimum atomic E-state index is -0.262. The zero-order chi connectivity index (χ0) is 23.0. The van der Waals surface area contributed by atoms with Crippen LogP contribution in [-0.2, 0) is 0 Å². The minimum absolute atomic E-state index is 0.171. The van der Waals surface area contributed by atoms with E-state index in [-0.39, 0.29) is 28.5 Å². The molecule has 0 aliphatic rings. The van der Waals surface area contributed by atoms with Crippen molar-refractivity contribution in [1.82, 2.24) is 50.8 Å². The van der Waals surface area contributed by atoms with Crippen LogP contribution in [0, 0.1) is 0 Å². The lowest BCUT2D eigenvalue weighted by atomic mass is 10.2. The first-order valence-electron chi connectivity index (χ1n) is 9.35. The molecule has 5 aromatic rings. The lowest BCUT2D eigenvalue weighted by Crippen LogP contribution is -2.09. The van der Waals surface area contributed by atoms with Gasteiger partial charge in [-0.3, -0.25) is 9.59 Å². The molecule has 4 heterocycles. The fourth-order valence-corrected chi connectivity index (χ4v) is 2.57. The largest absolute Gasteiger partial charge is 0.508 e. The summed E-state index contributed by atoms with van der Waals surface area (Å²) in [5.74, 6) is 0.970. The number of nitrogens with zero attached hydrogens (tertiary/aromatic N) is 8. The second-order valence-electron chi connectivity index (χ2n) is 6.32. The van der Waals surface area contributed by atoms with E-state index in [0.29, 0.717) is 22.8 Å². The highest BCUT2D eigenvalue weighted by Gasteiger charge is 2.07. The number of aromatic nitrogens is 10. The molecule has 0 saturated heterocycles. The lowest BCUT2D eigenvalue weighted by molar-refractivity contribution is 0.475. The van der Waals surface area contributed by atoms with Crippen LogP contribution in [0.2, 0.25) is 0 Å². The molecule has 4 aromatic heterocycles. The number of hydrogen-bond donors (Lipinski definition) is 3. The molecule has 0 radical (unpaired) electrons. The zero-order valence-electron chi connectivity index (χ0n) is 16.7. The third-order valence-corrected chi connectivity index (χ3v) is 4.01. The summed E-state index contributed by atoms with van der Waals surface area (Å²) in [6, 6.07) is 15.8. The number of pyridine rings is 2. The summed E-state index contributed by atoms with van der Waals surface area (Å²) < 4.78 is 0. The van der Waals surface area contributed by atoms with Gasteiger partial charge in [0.1, 0.15) is 5.75 Å². The van der Waals surface area contributed by atoms with Crippen molar-refractivity contribution in [3.05, 3.63) is 87.7 Å². The monoisotopic (exact) mass is 442 g/mol. The van der Waals surface area contributed by atoms with Crippen LogP contribution in [0.5, 0.6) is 5.75 Å². The second kappa shape index (κ2) is 9.74. The van der Waals surface area contributed by atoms with E-state index in [4.69, 9.17) is 0 Å². The smallest absolute Gasteiger partial charge is 0.248 e. The maximum atomic E-state index is 11.2. The van der Waals surface area contributed by atoms with E-state index in [1.807, 2.05) is 0 Å². The molecule has 0 bridgehead atoms. The number of H-pyrrole nitrogens is 2. The number of aromatic amines is 2. The van der Waals surface area contributed by atoms with Crippen molar-refractivity contribution in [3.8, 4) is 40.2 Å². The molecule has 3 N–H and O–H groups in total. The summed E-state index contributed by atoms with van der Waals surface area (Å²) in [5.41, 5.74) is 1.02. The van der Waals surface area contributed by atoms with Crippen molar-refractivity contribution < 1.29 is 5.11 Å². The van der Waals surface area contributed by atoms with Crippen molar-refractivity contribution in [2.45, 2.75) is 0 Å². The Bertz CT molecular complexity index is 1400. The Hall–Kier alpha value is -5.20. The highest BCUT2D eigenvalue weighted by molar-refractivity contribution is 5.56. The Kier molecular flexibility index (Phi) is 6.21. The Labute approximate surface area is 184 Å². The molecule has 0 aliphatic heterocycles. The highest BCUT2D eigenvalue weighted by atomic mass is 16.3. The highest BCUT2D eigenvalue weighted by Crippen LogP contribution is 2.18. The van der Waals surface area contributed by atoms with Crippen LogP contribution in [-0.4, -0.2) is 55.9 Å². The van der Waals surface area contributed by atoms with Gasteiger partial charge in [-0.15, -0.1) is 40.8 Å². The second-order valence-corrected chi connectivity index (χ2v) is 6.32. The van der Waals surface area contributed by atoms with Gasteiger partial charge in [0, 0.05) is 17.7 Å². The lowest BCUT2D eigenvalue weighted by Gasteiger charge is -1.99. The number of hydrogen-bond acceptors (Lipinski definition) is 11. The van der Waals surface area contributed by atoms with Crippen LogP contribution in [0.25, 0.3) is 34.4 Å². The van der Waals surface area contributed by atoms with Gasteiger partial charge in [0.25, 0.3) is 0 Å². The van der Waals surface area contributed by atoms with Crippen LogP contribution in [0.15, 0.2) is 76.6 Å². The molecule has 33 heavy (non-hydrogen) atoms. The molecule has 0 saturated carbocycles. The number of phenols is 1. The van der Waals surface area contributed by atoms with E-state index in [1.54, 1.807) is 48.5 Å². The fourth-order valence-electron chi connectivity index (χ4n) is 2.57. The SMILES string of the molecule is O=c1cccc(-c2nnc(-c3cccc(=O)[nH]3)nn2)[nH]1.Oc1cccc(-c2nncnn2)c1. The minimum Gasteiger partial charge on any atom is -0.508 e. The summed E-state index contributed by atoms with van der Waals surface area (Å²) in [5, 5.41) is 39.4. The standard InChI is InChI=1S/C12H8N6O2.C8H6N4O/c19-9-5-1-3-7(13-9)11-15-17-12(18-16-11)8-4-2-6-10(20)14-8;13-7-3-1-2-6(4-7)8-11-9-5-10-12-8/h1-6H,(H,13,19)(H,14,20);1-5,13H. The summed E-state index contributed by atoms with van der Waals surface area (Å²) >= 11 is 0. The predicted octanol–water partition coefficient (Wildman–Crippen LogP) is 0.616. The molecule has 5 rings (SSSR count). The first-order chi connectivity index (χ1) is 16.1. The molecule has 1 aromatic carbocycles. The van der Waals surface area contributed by atoms with Gasteiger partial charge >= 0.3 is 0 Å². The predicted molar refractivity (Wildman–Crippen MR) is 114 cm³/mol. The number of rotatable bonds is 3. The molecule has 0 aliphatic carbocycles. The first kappa shape index (κ1) is 21.0. The number of phenolic OH excluding ortho intramolecular Hbond substituents is 1. The van der Waals surface area contributed by atoms with Gasteiger partial charge < -0.3 is 15.1 Å². The van der Waals surface area contributed by atoms with Crippen LogP contribution in [0.3, 0.4) is 0 Å². The Morgan fingerprint density at radius 1 is 0.606 bits per heavy atom. The molecule has 0 fully saturated rings. The van der Waals surface area contributed by atoms with Gasteiger partial charge in [-0.2, -0.15) is 0 Å². The van der Waals surface area contributed by atoms with Gasteiger partial charge in [-0.1, -0.05) is 24.3 Å². The van der Waals surface area contributed by atoms with Crippen LogP contribution in [0.1, 0.15) is 0 Å². The average Bonchev–Trinajstić information content (AvgIpc) is 2.85. The van der Waals surface area contributed by atoms with Crippen molar-refractivity contribution in [3.63, 3.8) is 0 Å². The van der Waals surface area contributed by atoms with Crippen molar-refractivity contribution in [2.24, 2.45) is 0 Å². The summed E-state index contributed by atoms with van der Waals surface area (Å²) in [4.78, 5) is 27.5. The zero-order valence-corrected chi connectivity index (χ0v) is 16.7. The van der Waals surface area contributed by atoms with E-state index >= 15 is 0 Å². The summed E-state index contributed by atoms with van der Waals surface area (Å²) in [6.45, 7) is 0. The molecule has 0 atom stereocenters. The van der Waals surface area contributed by atoms with Crippen LogP contribution >= 0.6 is 0 Å². The summed E-state index contributed by atoms with van der Waals surface area (Å²) in [6.07, 6.45) is 1.26. The van der Waals surface area contributed by atoms with Gasteiger partial charge in [0.15, 0.2) is 6.33 Å². The third kappa shape index (κ3) is 5.49. The van der Waals surface area contributed by atoms with Crippen LogP contribution in [0.4, 0.5) is 0 Å². The van der Waals surface area contributed by atoms with Gasteiger partial charge in [0.05, 0.1) is 11.4 Å². The fraction of sp³-hybridized carbons (Fsp3) is 0. The van der Waals surface area contributed by atoms with E-state index in [2.05, 4.69) is 50.8 Å². The van der Waals surface area contributed by atoms with E-state index in [0.717, 1.165) is 0 Å².